The number of halogens is 1. The molecule has 0 spiro atoms. The van der Waals surface area contributed by atoms with E-state index in [1.807, 2.05) is 31.2 Å². The maximum Gasteiger partial charge on any atom is 0.312 e. The summed E-state index contributed by atoms with van der Waals surface area (Å²) >= 11 is 6.00. The topological polar surface area (TPSA) is 60.9 Å². The average Bonchev–Trinajstić information content (AvgIpc) is 2.78. The second-order valence-corrected chi connectivity index (χ2v) is 8.68. The van der Waals surface area contributed by atoms with Gasteiger partial charge in [0.15, 0.2) is 0 Å². The molecule has 2 fully saturated rings. The molecule has 31 heavy (non-hydrogen) atoms. The van der Waals surface area contributed by atoms with E-state index in [0.29, 0.717) is 56.2 Å². The van der Waals surface area contributed by atoms with Crippen LogP contribution in [0, 0.1) is 6.92 Å². The van der Waals surface area contributed by atoms with E-state index >= 15 is 0 Å². The first-order valence-electron chi connectivity index (χ1n) is 10.6. The molecule has 3 amide bonds. The van der Waals surface area contributed by atoms with Crippen LogP contribution in [-0.2, 0) is 16.1 Å². The fourth-order valence-corrected chi connectivity index (χ4v) is 4.48. The normalized spacial score (nSPS) is 17.9. The van der Waals surface area contributed by atoms with Crippen molar-refractivity contribution in [2.75, 3.05) is 26.2 Å². The molecule has 0 atom stereocenters. The van der Waals surface area contributed by atoms with E-state index in [4.69, 9.17) is 11.6 Å². The smallest absolute Gasteiger partial charge is 0.312 e. The molecule has 162 valence electrons. The fraction of sp³-hybridized carbons (Fsp3) is 0.375. The highest BCUT2D eigenvalue weighted by atomic mass is 35.5. The number of piperazine rings is 1. The summed E-state index contributed by atoms with van der Waals surface area (Å²) < 4.78 is 0. The van der Waals surface area contributed by atoms with Crippen molar-refractivity contribution in [3.8, 4) is 0 Å². The van der Waals surface area contributed by atoms with Gasteiger partial charge in [-0.3, -0.25) is 14.4 Å². The number of hydrogen-bond acceptors (Lipinski definition) is 3. The van der Waals surface area contributed by atoms with Crippen LogP contribution in [-0.4, -0.2) is 64.6 Å². The Morgan fingerprint density at radius 3 is 2.35 bits per heavy atom. The molecule has 0 aliphatic carbocycles. The third-order valence-electron chi connectivity index (χ3n) is 6.10. The largest absolute Gasteiger partial charge is 0.338 e. The van der Waals surface area contributed by atoms with Gasteiger partial charge in [0.25, 0.3) is 5.91 Å². The first-order chi connectivity index (χ1) is 14.9. The van der Waals surface area contributed by atoms with Gasteiger partial charge in [0.2, 0.25) is 0 Å². The van der Waals surface area contributed by atoms with Gasteiger partial charge in [-0.05, 0) is 43.5 Å². The zero-order valence-electron chi connectivity index (χ0n) is 17.6. The molecule has 2 aromatic carbocycles. The van der Waals surface area contributed by atoms with Crippen molar-refractivity contribution in [1.82, 2.24) is 14.7 Å². The molecule has 0 aromatic heterocycles. The molecule has 2 aliphatic heterocycles. The third-order valence-corrected chi connectivity index (χ3v) is 6.34. The monoisotopic (exact) mass is 439 g/mol. The molecule has 0 bridgehead atoms. The minimum Gasteiger partial charge on any atom is -0.338 e. The molecule has 4 rings (SSSR count). The van der Waals surface area contributed by atoms with Crippen LogP contribution in [0.1, 0.15) is 34.3 Å². The molecule has 7 heteroatoms. The standard InChI is InChI=1S/C24H26ClN3O3/c1-17-5-7-18(8-6-17)16-27-13-14-28(24(31)23(27)30)21-9-11-26(12-10-21)22(29)19-3-2-4-20(25)15-19/h2-8,15,21H,9-14,16H2,1H3. The zero-order valence-corrected chi connectivity index (χ0v) is 18.3. The minimum atomic E-state index is -0.441. The van der Waals surface area contributed by atoms with E-state index in [1.54, 1.807) is 39.0 Å². The molecule has 0 radical (unpaired) electrons. The molecule has 0 unspecified atom stereocenters. The van der Waals surface area contributed by atoms with Gasteiger partial charge in [0, 0.05) is 49.4 Å². The van der Waals surface area contributed by atoms with E-state index in [1.165, 1.54) is 0 Å². The highest BCUT2D eigenvalue weighted by molar-refractivity contribution is 6.35. The maximum absolute atomic E-state index is 12.8. The fourth-order valence-electron chi connectivity index (χ4n) is 4.29. The first-order valence-corrected chi connectivity index (χ1v) is 11.0. The van der Waals surface area contributed by atoms with Gasteiger partial charge in [-0.2, -0.15) is 0 Å². The summed E-state index contributed by atoms with van der Waals surface area (Å²) in [6.07, 6.45) is 1.34. The predicted molar refractivity (Wildman–Crippen MR) is 119 cm³/mol. The van der Waals surface area contributed by atoms with Crippen LogP contribution in [0.3, 0.4) is 0 Å². The summed E-state index contributed by atoms with van der Waals surface area (Å²) in [4.78, 5) is 43.3. The van der Waals surface area contributed by atoms with Gasteiger partial charge in [0.05, 0.1) is 0 Å². The molecule has 2 heterocycles. The van der Waals surface area contributed by atoms with E-state index < -0.39 is 11.8 Å². The number of rotatable bonds is 4. The average molecular weight is 440 g/mol. The van der Waals surface area contributed by atoms with Gasteiger partial charge in [-0.25, -0.2) is 0 Å². The maximum atomic E-state index is 12.8. The highest BCUT2D eigenvalue weighted by Crippen LogP contribution is 2.22. The molecule has 0 saturated carbocycles. The van der Waals surface area contributed by atoms with Crippen LogP contribution in [0.15, 0.2) is 48.5 Å². The number of benzene rings is 2. The summed E-state index contributed by atoms with van der Waals surface area (Å²) in [5.41, 5.74) is 2.76. The van der Waals surface area contributed by atoms with Crippen molar-refractivity contribution in [3.63, 3.8) is 0 Å². The number of piperidine rings is 1. The van der Waals surface area contributed by atoms with Crippen LogP contribution in [0.4, 0.5) is 0 Å². The SMILES string of the molecule is Cc1ccc(CN2CCN(C3CCN(C(=O)c4cccc(Cl)c4)CC3)C(=O)C2=O)cc1. The lowest BCUT2D eigenvalue weighted by molar-refractivity contribution is -0.158. The van der Waals surface area contributed by atoms with Crippen LogP contribution in [0.5, 0.6) is 0 Å². The van der Waals surface area contributed by atoms with Crippen molar-refractivity contribution in [3.05, 3.63) is 70.2 Å². The van der Waals surface area contributed by atoms with Gasteiger partial charge >= 0.3 is 11.8 Å². The summed E-state index contributed by atoms with van der Waals surface area (Å²) in [7, 11) is 0. The van der Waals surface area contributed by atoms with Gasteiger partial charge in [-0.15, -0.1) is 0 Å². The number of likely N-dealkylation sites (tertiary alicyclic amines) is 1. The summed E-state index contributed by atoms with van der Waals surface area (Å²) in [5, 5.41) is 0.536. The van der Waals surface area contributed by atoms with E-state index in [0.717, 1.165) is 11.1 Å². The Hall–Kier alpha value is -2.86. The number of amides is 3. The minimum absolute atomic E-state index is 0.0126. The molecule has 6 nitrogen and oxygen atoms in total. The van der Waals surface area contributed by atoms with E-state index in [2.05, 4.69) is 0 Å². The van der Waals surface area contributed by atoms with Crippen molar-refractivity contribution in [1.29, 1.82) is 0 Å². The van der Waals surface area contributed by atoms with E-state index in [-0.39, 0.29) is 11.9 Å². The lowest BCUT2D eigenvalue weighted by Crippen LogP contribution is -2.59. The van der Waals surface area contributed by atoms with Crippen molar-refractivity contribution in [2.24, 2.45) is 0 Å². The van der Waals surface area contributed by atoms with Crippen LogP contribution >= 0.6 is 11.6 Å². The molecular formula is C24H26ClN3O3. The van der Waals surface area contributed by atoms with Crippen LogP contribution in [0.2, 0.25) is 5.02 Å². The Morgan fingerprint density at radius 1 is 0.968 bits per heavy atom. The lowest BCUT2D eigenvalue weighted by Gasteiger charge is -2.42. The molecule has 2 aliphatic rings. The van der Waals surface area contributed by atoms with Gasteiger partial charge in [-0.1, -0.05) is 47.5 Å². The second-order valence-electron chi connectivity index (χ2n) is 8.24. The molecular weight excluding hydrogens is 414 g/mol. The Kier molecular flexibility index (Phi) is 6.28. The van der Waals surface area contributed by atoms with Crippen molar-refractivity contribution in [2.45, 2.75) is 32.4 Å². The van der Waals surface area contributed by atoms with Crippen LogP contribution in [0.25, 0.3) is 0 Å². The Morgan fingerprint density at radius 2 is 1.68 bits per heavy atom. The molecule has 2 aromatic rings. The van der Waals surface area contributed by atoms with Gasteiger partial charge < -0.3 is 14.7 Å². The summed E-state index contributed by atoms with van der Waals surface area (Å²) in [5.74, 6) is -0.923. The summed E-state index contributed by atoms with van der Waals surface area (Å²) in [6.45, 7) is 4.64. The highest BCUT2D eigenvalue weighted by Gasteiger charge is 2.38. The van der Waals surface area contributed by atoms with Crippen molar-refractivity contribution < 1.29 is 14.4 Å². The number of nitrogens with zero attached hydrogens (tertiary/aromatic N) is 3. The predicted octanol–water partition coefficient (Wildman–Crippen LogP) is 3.12. The third kappa shape index (κ3) is 4.74. The number of aryl methyl sites for hydroxylation is 1. The molecule has 0 N–H and O–H groups in total. The Bertz CT molecular complexity index is 984. The number of carbonyl (C=O) groups excluding carboxylic acids is 3. The van der Waals surface area contributed by atoms with Crippen molar-refractivity contribution >= 4 is 29.3 Å². The second kappa shape index (κ2) is 9.10. The van der Waals surface area contributed by atoms with Crippen LogP contribution < -0.4 is 0 Å². The number of carbonyl (C=O) groups is 3. The van der Waals surface area contributed by atoms with E-state index in [9.17, 15) is 14.4 Å². The number of hydrogen-bond donors (Lipinski definition) is 0. The first kappa shape index (κ1) is 21.4. The Balaban J connectivity index is 1.33. The lowest BCUT2D eigenvalue weighted by atomic mass is 10.0. The molecule has 2 saturated heterocycles. The quantitative estimate of drug-likeness (QED) is 0.688. The summed E-state index contributed by atoms with van der Waals surface area (Å²) in [6, 6.07) is 14.9. The van der Waals surface area contributed by atoms with Gasteiger partial charge in [0.1, 0.15) is 0 Å². The Labute approximate surface area is 187 Å². The zero-order chi connectivity index (χ0) is 22.0.